The third-order valence-electron chi connectivity index (χ3n) is 7.45. The molecule has 5 rings (SSSR count). The van der Waals surface area contributed by atoms with Crippen molar-refractivity contribution in [2.75, 3.05) is 37.6 Å². The molecule has 1 saturated heterocycles. The van der Waals surface area contributed by atoms with E-state index < -0.39 is 0 Å². The largest absolute Gasteiger partial charge is 0.368 e. The number of fused-ring (bicyclic) bond motifs is 1. The number of para-hydroxylation sites is 1. The van der Waals surface area contributed by atoms with Crippen molar-refractivity contribution < 1.29 is 9.59 Å². The lowest BCUT2D eigenvalue weighted by Crippen LogP contribution is -2.49. The number of aromatic nitrogens is 2. The smallest absolute Gasteiger partial charge is 0.274 e. The molecule has 2 amide bonds. The summed E-state index contributed by atoms with van der Waals surface area (Å²) in [4.78, 5) is 33.1. The van der Waals surface area contributed by atoms with Crippen LogP contribution in [0.1, 0.15) is 50.2 Å². The number of benzene rings is 2. The normalized spacial score (nSPS) is 15.8. The minimum atomic E-state index is -0.0257. The van der Waals surface area contributed by atoms with Crippen LogP contribution >= 0.6 is 0 Å². The molecule has 0 atom stereocenters. The van der Waals surface area contributed by atoms with E-state index in [1.54, 1.807) is 0 Å². The number of nitrogens with zero attached hydrogens (tertiary/aromatic N) is 5. The third-order valence-corrected chi connectivity index (χ3v) is 7.45. The zero-order valence-corrected chi connectivity index (χ0v) is 20.8. The molecule has 182 valence electrons. The van der Waals surface area contributed by atoms with Crippen LogP contribution < -0.4 is 4.90 Å². The number of rotatable bonds is 4. The molecule has 0 unspecified atom stereocenters. The highest BCUT2D eigenvalue weighted by molar-refractivity contribution is 5.97. The number of aryl methyl sites for hydroxylation is 2. The predicted molar refractivity (Wildman–Crippen MR) is 137 cm³/mol. The molecule has 1 fully saturated rings. The van der Waals surface area contributed by atoms with E-state index in [-0.39, 0.29) is 11.8 Å². The molecule has 3 aromatic rings. The molecule has 0 bridgehead atoms. The first-order valence-electron chi connectivity index (χ1n) is 12.5. The number of carbonyl (C=O) groups excluding carboxylic acids is 2. The fraction of sp³-hybridized carbons (Fsp3) is 0.393. The molecule has 1 aromatic heterocycles. The Balaban J connectivity index is 1.35. The predicted octanol–water partition coefficient (Wildman–Crippen LogP) is 3.68. The molecule has 2 aliphatic heterocycles. The molecular weight excluding hydrogens is 438 g/mol. The van der Waals surface area contributed by atoms with Crippen LogP contribution in [0.2, 0.25) is 0 Å². The van der Waals surface area contributed by atoms with Gasteiger partial charge in [-0.25, -0.2) is 0 Å². The van der Waals surface area contributed by atoms with Crippen molar-refractivity contribution in [2.24, 2.45) is 0 Å². The molecule has 0 radical (unpaired) electrons. The highest BCUT2D eigenvalue weighted by Crippen LogP contribution is 2.27. The first-order valence-corrected chi connectivity index (χ1v) is 12.5. The van der Waals surface area contributed by atoms with E-state index in [2.05, 4.69) is 17.0 Å². The number of piperazine rings is 1. The van der Waals surface area contributed by atoms with Crippen molar-refractivity contribution in [1.82, 2.24) is 19.6 Å². The van der Waals surface area contributed by atoms with Gasteiger partial charge in [-0.05, 0) is 50.1 Å². The number of hydrogen-bond donors (Lipinski definition) is 0. The van der Waals surface area contributed by atoms with Gasteiger partial charge in [-0.3, -0.25) is 14.3 Å². The van der Waals surface area contributed by atoms with Crippen LogP contribution in [-0.2, 0) is 19.5 Å². The van der Waals surface area contributed by atoms with Crippen LogP contribution in [-0.4, -0.2) is 64.1 Å². The van der Waals surface area contributed by atoms with Gasteiger partial charge in [0.15, 0.2) is 5.69 Å². The van der Waals surface area contributed by atoms with Crippen molar-refractivity contribution in [3.63, 3.8) is 0 Å². The average molecular weight is 472 g/mol. The van der Waals surface area contributed by atoms with E-state index in [1.807, 2.05) is 71.7 Å². The Hall–Kier alpha value is -3.61. The Bertz CT molecular complexity index is 1240. The fourth-order valence-electron chi connectivity index (χ4n) is 5.21. The molecule has 3 heterocycles. The Labute approximate surface area is 206 Å². The summed E-state index contributed by atoms with van der Waals surface area (Å²) in [6, 6.07) is 16.2. The minimum absolute atomic E-state index is 0.0240. The molecule has 2 aliphatic rings. The number of anilines is 1. The van der Waals surface area contributed by atoms with Crippen LogP contribution in [0.4, 0.5) is 5.69 Å². The first-order chi connectivity index (χ1) is 17.0. The molecule has 0 saturated carbocycles. The maximum Gasteiger partial charge on any atom is 0.274 e. The van der Waals surface area contributed by atoms with Crippen molar-refractivity contribution >= 4 is 17.5 Å². The summed E-state index contributed by atoms with van der Waals surface area (Å²) in [5.74, 6) is -0.00169. The third kappa shape index (κ3) is 4.31. The second kappa shape index (κ2) is 9.56. The van der Waals surface area contributed by atoms with Crippen molar-refractivity contribution in [2.45, 2.75) is 40.3 Å². The Morgan fingerprint density at radius 1 is 0.857 bits per heavy atom. The Morgan fingerprint density at radius 2 is 1.60 bits per heavy atom. The van der Waals surface area contributed by atoms with Gasteiger partial charge in [0.1, 0.15) is 0 Å². The van der Waals surface area contributed by atoms with Gasteiger partial charge >= 0.3 is 0 Å². The molecule has 35 heavy (non-hydrogen) atoms. The number of amides is 2. The lowest BCUT2D eigenvalue weighted by atomic mass is 9.99. The van der Waals surface area contributed by atoms with Crippen LogP contribution in [0.5, 0.6) is 0 Å². The van der Waals surface area contributed by atoms with Gasteiger partial charge in [0.2, 0.25) is 0 Å². The quantitative estimate of drug-likeness (QED) is 0.582. The fourth-order valence-corrected chi connectivity index (χ4v) is 5.21. The zero-order valence-electron chi connectivity index (χ0n) is 20.8. The van der Waals surface area contributed by atoms with E-state index in [0.717, 1.165) is 41.0 Å². The Kier molecular flexibility index (Phi) is 6.32. The molecular formula is C28H33N5O2. The van der Waals surface area contributed by atoms with E-state index in [1.165, 1.54) is 5.69 Å². The Morgan fingerprint density at radius 3 is 2.31 bits per heavy atom. The van der Waals surface area contributed by atoms with Crippen LogP contribution in [0.3, 0.4) is 0 Å². The van der Waals surface area contributed by atoms with Gasteiger partial charge in [0.05, 0.1) is 6.54 Å². The van der Waals surface area contributed by atoms with E-state index in [4.69, 9.17) is 5.10 Å². The summed E-state index contributed by atoms with van der Waals surface area (Å²) in [6.07, 6.45) is 0.710. The molecule has 7 nitrogen and oxygen atoms in total. The summed E-state index contributed by atoms with van der Waals surface area (Å²) in [5.41, 5.74) is 6.55. The van der Waals surface area contributed by atoms with Crippen molar-refractivity contribution in [1.29, 1.82) is 0 Å². The van der Waals surface area contributed by atoms with Gasteiger partial charge in [-0.15, -0.1) is 0 Å². The highest BCUT2D eigenvalue weighted by atomic mass is 16.2. The lowest BCUT2D eigenvalue weighted by molar-refractivity contribution is 0.0709. The molecule has 0 aliphatic carbocycles. The maximum absolute atomic E-state index is 13.6. The van der Waals surface area contributed by atoms with Crippen LogP contribution in [0.15, 0.2) is 48.5 Å². The van der Waals surface area contributed by atoms with Crippen LogP contribution in [0.25, 0.3) is 0 Å². The summed E-state index contributed by atoms with van der Waals surface area (Å²) in [5, 5.41) is 4.73. The standard InChI is InChI=1S/C28H33N5O2/c1-4-33-25-13-14-32(27(34)23-12-8-9-20(2)21(23)3)19-24(25)26(29-33)28(35)31-17-15-30(16-18-31)22-10-6-5-7-11-22/h5-12H,4,13-19H2,1-3H3. The van der Waals surface area contributed by atoms with Gasteiger partial charge in [0.25, 0.3) is 11.8 Å². The van der Waals surface area contributed by atoms with Gasteiger partial charge < -0.3 is 14.7 Å². The van der Waals surface area contributed by atoms with Crippen molar-refractivity contribution in [3.8, 4) is 0 Å². The molecule has 2 aromatic carbocycles. The highest BCUT2D eigenvalue weighted by Gasteiger charge is 2.33. The van der Waals surface area contributed by atoms with E-state index in [0.29, 0.717) is 44.8 Å². The summed E-state index contributed by atoms with van der Waals surface area (Å²) >= 11 is 0. The number of hydrogen-bond acceptors (Lipinski definition) is 4. The minimum Gasteiger partial charge on any atom is -0.368 e. The SMILES string of the molecule is CCn1nc(C(=O)N2CCN(c3ccccc3)CC2)c2c1CCN(C(=O)c1cccc(C)c1C)C2. The topological polar surface area (TPSA) is 61.7 Å². The molecule has 0 spiro atoms. The van der Waals surface area contributed by atoms with Crippen LogP contribution in [0, 0.1) is 13.8 Å². The second-order valence-electron chi connectivity index (χ2n) is 9.43. The van der Waals surface area contributed by atoms with Crippen molar-refractivity contribution in [3.05, 3.63) is 82.2 Å². The number of carbonyl (C=O) groups is 2. The van der Waals surface area contributed by atoms with Gasteiger partial charge in [0, 0.05) is 68.2 Å². The van der Waals surface area contributed by atoms with Gasteiger partial charge in [-0.1, -0.05) is 30.3 Å². The molecule has 7 heteroatoms. The monoisotopic (exact) mass is 471 g/mol. The average Bonchev–Trinajstić information content (AvgIpc) is 3.28. The lowest BCUT2D eigenvalue weighted by Gasteiger charge is -2.36. The summed E-state index contributed by atoms with van der Waals surface area (Å²) < 4.78 is 1.95. The van der Waals surface area contributed by atoms with E-state index >= 15 is 0 Å². The second-order valence-corrected chi connectivity index (χ2v) is 9.43. The molecule has 0 N–H and O–H groups in total. The van der Waals surface area contributed by atoms with Gasteiger partial charge in [-0.2, -0.15) is 5.10 Å². The zero-order chi connectivity index (χ0) is 24.5. The van der Waals surface area contributed by atoms with E-state index in [9.17, 15) is 9.59 Å². The summed E-state index contributed by atoms with van der Waals surface area (Å²) in [6.45, 7) is 10.8. The summed E-state index contributed by atoms with van der Waals surface area (Å²) in [7, 11) is 0. The maximum atomic E-state index is 13.6. The first kappa shape index (κ1) is 23.1.